The van der Waals surface area contributed by atoms with Crippen LogP contribution in [0, 0.1) is 12.3 Å². The predicted octanol–water partition coefficient (Wildman–Crippen LogP) is 2.33. The second-order valence-electron chi connectivity index (χ2n) is 8.99. The van der Waals surface area contributed by atoms with E-state index in [1.807, 2.05) is 25.7 Å². The topological polar surface area (TPSA) is 98.3 Å². The van der Waals surface area contributed by atoms with Gasteiger partial charge in [0.2, 0.25) is 5.91 Å². The molecule has 2 heterocycles. The van der Waals surface area contributed by atoms with E-state index in [2.05, 4.69) is 22.4 Å². The van der Waals surface area contributed by atoms with Gasteiger partial charge in [-0.15, -0.1) is 0 Å². The van der Waals surface area contributed by atoms with Crippen LogP contribution in [0.25, 0.3) is 0 Å². The van der Waals surface area contributed by atoms with Gasteiger partial charge in [0.05, 0.1) is 11.6 Å². The van der Waals surface area contributed by atoms with Gasteiger partial charge in [-0.25, -0.2) is 0 Å². The molecule has 2 amide bonds. The van der Waals surface area contributed by atoms with E-state index in [4.69, 9.17) is 0 Å². The molecule has 1 saturated carbocycles. The molecule has 28 heavy (non-hydrogen) atoms. The number of carbonyl (C=O) groups is 2. The minimum atomic E-state index is -0.854. The fourth-order valence-corrected chi connectivity index (χ4v) is 5.26. The number of nitrogens with zero attached hydrogens (tertiary/aromatic N) is 2. The highest BCUT2D eigenvalue weighted by molar-refractivity contribution is 5.94. The predicted molar refractivity (Wildman–Crippen MR) is 107 cm³/mol. The number of aliphatic hydroxyl groups is 1. The lowest BCUT2D eigenvalue weighted by Gasteiger charge is -2.43. The van der Waals surface area contributed by atoms with Crippen molar-refractivity contribution in [1.82, 2.24) is 20.4 Å². The molecule has 3 rings (SSSR count). The number of amides is 2. The minimum Gasteiger partial charge on any atom is -0.390 e. The Morgan fingerprint density at radius 1 is 1.36 bits per heavy atom. The molecule has 1 saturated heterocycles. The monoisotopic (exact) mass is 390 g/mol. The number of hydrogen-bond acceptors (Lipinski definition) is 4. The van der Waals surface area contributed by atoms with E-state index in [1.165, 1.54) is 6.92 Å². The van der Waals surface area contributed by atoms with Gasteiger partial charge < -0.3 is 15.3 Å². The lowest BCUT2D eigenvalue weighted by atomic mass is 9.67. The van der Waals surface area contributed by atoms with Crippen LogP contribution in [0.4, 0.5) is 0 Å². The number of nitrogens with one attached hydrogen (secondary N) is 2. The number of aryl methyl sites for hydroxylation is 1. The summed E-state index contributed by atoms with van der Waals surface area (Å²) in [6, 6.07) is -0.227. The third-order valence-electron chi connectivity index (χ3n) is 7.23. The summed E-state index contributed by atoms with van der Waals surface area (Å²) in [6.07, 6.45) is 4.99. The lowest BCUT2D eigenvalue weighted by Crippen LogP contribution is -2.52. The molecule has 0 aromatic carbocycles. The summed E-state index contributed by atoms with van der Waals surface area (Å²) < 4.78 is 0. The van der Waals surface area contributed by atoms with Crippen molar-refractivity contribution in [2.45, 2.75) is 90.8 Å². The highest BCUT2D eigenvalue weighted by Crippen LogP contribution is 2.53. The molecule has 7 heteroatoms. The van der Waals surface area contributed by atoms with Gasteiger partial charge in [-0.2, -0.15) is 5.10 Å². The summed E-state index contributed by atoms with van der Waals surface area (Å²) >= 11 is 0. The van der Waals surface area contributed by atoms with Crippen LogP contribution in [0.5, 0.6) is 0 Å². The van der Waals surface area contributed by atoms with Gasteiger partial charge in [-0.05, 0) is 39.5 Å². The fourth-order valence-electron chi connectivity index (χ4n) is 5.26. The molecule has 2 aliphatic rings. The van der Waals surface area contributed by atoms with E-state index < -0.39 is 11.0 Å². The Balaban J connectivity index is 2.01. The lowest BCUT2D eigenvalue weighted by molar-refractivity contribution is -0.119. The van der Waals surface area contributed by atoms with Crippen LogP contribution in [-0.4, -0.2) is 56.2 Å². The molecule has 7 nitrogen and oxygen atoms in total. The Labute approximate surface area is 167 Å². The highest BCUT2D eigenvalue weighted by Gasteiger charge is 2.59. The van der Waals surface area contributed by atoms with Gasteiger partial charge in [0.15, 0.2) is 5.69 Å². The second kappa shape index (κ2) is 7.50. The van der Waals surface area contributed by atoms with E-state index >= 15 is 0 Å². The molecular weight excluding hydrogens is 356 g/mol. The summed E-state index contributed by atoms with van der Waals surface area (Å²) in [5.41, 5.74) is 1.04. The largest absolute Gasteiger partial charge is 0.390 e. The number of H-pyrrole nitrogens is 1. The molecule has 1 aromatic heterocycles. The standard InChI is InChI=1S/C21H34N4O3/c1-6-16-13(2)18(24-23-16)19(27)25-15(12-22-14(3)26)11-20(4)17(25)9-7-8-10-21(20,5)28/h15,17,28H,6-12H2,1-5H3,(H,22,26)(H,23,24)/t15-,17-,20-,21+/m1/s1. The van der Waals surface area contributed by atoms with Gasteiger partial charge in [0, 0.05) is 36.2 Å². The maximum Gasteiger partial charge on any atom is 0.275 e. The molecule has 156 valence electrons. The zero-order chi connectivity index (χ0) is 20.7. The highest BCUT2D eigenvalue weighted by atomic mass is 16.3. The number of aromatic amines is 1. The summed E-state index contributed by atoms with van der Waals surface area (Å²) in [6.45, 7) is 9.85. The summed E-state index contributed by atoms with van der Waals surface area (Å²) in [7, 11) is 0. The van der Waals surface area contributed by atoms with E-state index in [0.717, 1.165) is 43.4 Å². The van der Waals surface area contributed by atoms with Gasteiger partial charge in [0.25, 0.3) is 5.91 Å². The number of likely N-dealkylation sites (tertiary alicyclic amines) is 1. The van der Waals surface area contributed by atoms with Crippen LogP contribution in [0.1, 0.15) is 81.5 Å². The minimum absolute atomic E-state index is 0.0718. The average molecular weight is 391 g/mol. The summed E-state index contributed by atoms with van der Waals surface area (Å²) in [4.78, 5) is 27.1. The van der Waals surface area contributed by atoms with E-state index in [0.29, 0.717) is 18.7 Å². The first kappa shape index (κ1) is 20.8. The van der Waals surface area contributed by atoms with Gasteiger partial charge >= 0.3 is 0 Å². The normalized spacial score (nSPS) is 32.7. The van der Waals surface area contributed by atoms with E-state index in [1.54, 1.807) is 0 Å². The molecule has 1 aliphatic carbocycles. The number of aromatic nitrogens is 2. The first-order valence-corrected chi connectivity index (χ1v) is 10.5. The Morgan fingerprint density at radius 2 is 2.07 bits per heavy atom. The van der Waals surface area contributed by atoms with Crippen molar-refractivity contribution >= 4 is 11.8 Å². The first-order chi connectivity index (χ1) is 13.1. The third-order valence-corrected chi connectivity index (χ3v) is 7.23. The van der Waals surface area contributed by atoms with Crippen LogP contribution >= 0.6 is 0 Å². The molecule has 0 radical (unpaired) electrons. The third kappa shape index (κ3) is 3.34. The SMILES string of the molecule is CCc1[nH]nc(C(=O)N2[C@@H](CNC(C)=O)C[C@]3(C)[C@H]2CCCC[C@]3(C)O)c1C. The van der Waals surface area contributed by atoms with Crippen molar-refractivity contribution in [3.05, 3.63) is 17.0 Å². The van der Waals surface area contributed by atoms with Crippen LogP contribution < -0.4 is 5.32 Å². The average Bonchev–Trinajstić information content (AvgIpc) is 3.11. The van der Waals surface area contributed by atoms with Crippen molar-refractivity contribution in [3.8, 4) is 0 Å². The number of hydrogen-bond donors (Lipinski definition) is 3. The number of rotatable bonds is 4. The van der Waals surface area contributed by atoms with Crippen LogP contribution in [-0.2, 0) is 11.2 Å². The van der Waals surface area contributed by atoms with Crippen LogP contribution in [0.2, 0.25) is 0 Å². The smallest absolute Gasteiger partial charge is 0.275 e. The molecule has 0 spiro atoms. The number of carbonyl (C=O) groups excluding carboxylic acids is 2. The van der Waals surface area contributed by atoms with Crippen LogP contribution in [0.15, 0.2) is 0 Å². The molecule has 2 fully saturated rings. The Morgan fingerprint density at radius 3 is 2.68 bits per heavy atom. The van der Waals surface area contributed by atoms with Crippen molar-refractivity contribution in [2.75, 3.05) is 6.54 Å². The Bertz CT molecular complexity index is 757. The Kier molecular flexibility index (Phi) is 5.58. The molecule has 0 bridgehead atoms. The van der Waals surface area contributed by atoms with Crippen LogP contribution in [0.3, 0.4) is 0 Å². The summed E-state index contributed by atoms with van der Waals surface area (Å²) in [5, 5.41) is 21.5. The van der Waals surface area contributed by atoms with E-state index in [9.17, 15) is 14.7 Å². The van der Waals surface area contributed by atoms with Crippen molar-refractivity contribution in [2.24, 2.45) is 5.41 Å². The molecule has 0 unspecified atom stereocenters. The fraction of sp³-hybridized carbons (Fsp3) is 0.762. The first-order valence-electron chi connectivity index (χ1n) is 10.5. The zero-order valence-corrected chi connectivity index (χ0v) is 17.8. The van der Waals surface area contributed by atoms with Gasteiger partial charge in [-0.3, -0.25) is 14.7 Å². The van der Waals surface area contributed by atoms with Crippen molar-refractivity contribution in [1.29, 1.82) is 0 Å². The maximum atomic E-state index is 13.6. The molecule has 4 atom stereocenters. The second-order valence-corrected chi connectivity index (χ2v) is 8.99. The quantitative estimate of drug-likeness (QED) is 0.735. The molecule has 1 aliphatic heterocycles. The Hall–Kier alpha value is -1.89. The molecule has 3 N–H and O–H groups in total. The zero-order valence-electron chi connectivity index (χ0n) is 17.8. The molecular formula is C21H34N4O3. The number of fused-ring (bicyclic) bond motifs is 1. The van der Waals surface area contributed by atoms with Gasteiger partial charge in [0.1, 0.15) is 0 Å². The summed E-state index contributed by atoms with van der Waals surface area (Å²) in [5.74, 6) is -0.212. The van der Waals surface area contributed by atoms with E-state index in [-0.39, 0.29) is 23.9 Å². The maximum absolute atomic E-state index is 13.6. The van der Waals surface area contributed by atoms with Crippen molar-refractivity contribution in [3.63, 3.8) is 0 Å². The van der Waals surface area contributed by atoms with Gasteiger partial charge in [-0.1, -0.05) is 26.7 Å². The molecule has 1 aromatic rings. The van der Waals surface area contributed by atoms with Crippen molar-refractivity contribution < 1.29 is 14.7 Å².